The SMILES string of the molecule is c1ccc2c(c1)nc1c3ccccc3c(-c3ccc4sc5ccc(-c6cn7c8ccccc8nc7c7ccccc67)cc5c4c3)cn21. The molecular formula is C42H24N4S. The third-order valence-electron chi connectivity index (χ3n) is 9.72. The van der Waals surface area contributed by atoms with Crippen LogP contribution in [-0.4, -0.2) is 18.8 Å². The summed E-state index contributed by atoms with van der Waals surface area (Å²) in [6.07, 6.45) is 4.54. The van der Waals surface area contributed by atoms with Gasteiger partial charge >= 0.3 is 0 Å². The second-order valence-electron chi connectivity index (χ2n) is 12.3. The maximum atomic E-state index is 5.01. The van der Waals surface area contributed by atoms with Gasteiger partial charge in [0.05, 0.1) is 22.1 Å². The molecule has 11 aromatic rings. The average Bonchev–Trinajstić information content (AvgIpc) is 3.82. The zero-order valence-corrected chi connectivity index (χ0v) is 25.9. The van der Waals surface area contributed by atoms with Gasteiger partial charge in [0.2, 0.25) is 0 Å². The molecule has 0 fully saturated rings. The predicted octanol–water partition coefficient (Wildman–Crippen LogP) is 11.3. The van der Waals surface area contributed by atoms with E-state index in [9.17, 15) is 0 Å². The largest absolute Gasteiger partial charge is 0.298 e. The first-order valence-corrected chi connectivity index (χ1v) is 16.6. The minimum absolute atomic E-state index is 0.993. The molecule has 0 bridgehead atoms. The van der Waals surface area contributed by atoms with Gasteiger partial charge in [-0.25, -0.2) is 9.97 Å². The molecule has 0 aliphatic heterocycles. The molecule has 0 N–H and O–H groups in total. The third-order valence-corrected chi connectivity index (χ3v) is 10.9. The van der Waals surface area contributed by atoms with Crippen LogP contribution in [0.15, 0.2) is 146 Å². The van der Waals surface area contributed by atoms with Crippen LogP contribution in [0.3, 0.4) is 0 Å². The highest BCUT2D eigenvalue weighted by Gasteiger charge is 2.17. The Morgan fingerprint density at radius 2 is 0.830 bits per heavy atom. The highest BCUT2D eigenvalue weighted by atomic mass is 32.1. The van der Waals surface area contributed by atoms with Crippen LogP contribution < -0.4 is 0 Å². The second kappa shape index (κ2) is 9.25. The first-order valence-electron chi connectivity index (χ1n) is 15.8. The van der Waals surface area contributed by atoms with E-state index in [1.807, 2.05) is 11.3 Å². The van der Waals surface area contributed by atoms with Crippen molar-refractivity contribution in [2.75, 3.05) is 0 Å². The van der Waals surface area contributed by atoms with Gasteiger partial charge in [-0.1, -0.05) is 84.9 Å². The Balaban J connectivity index is 1.16. The lowest BCUT2D eigenvalue weighted by atomic mass is 9.97. The van der Waals surface area contributed by atoms with E-state index in [1.54, 1.807) is 0 Å². The minimum atomic E-state index is 0.993. The summed E-state index contributed by atoms with van der Waals surface area (Å²) in [6.45, 7) is 0. The molecule has 6 aromatic carbocycles. The van der Waals surface area contributed by atoms with Gasteiger partial charge < -0.3 is 0 Å². The quantitative estimate of drug-likeness (QED) is 0.194. The summed E-state index contributed by atoms with van der Waals surface area (Å²) < 4.78 is 7.09. The van der Waals surface area contributed by atoms with Crippen molar-refractivity contribution in [1.82, 2.24) is 18.8 Å². The number of benzene rings is 6. The number of thiophene rings is 1. The lowest BCUT2D eigenvalue weighted by molar-refractivity contribution is 1.25. The number of rotatable bonds is 2. The summed E-state index contributed by atoms with van der Waals surface area (Å²) in [5, 5.41) is 7.30. The highest BCUT2D eigenvalue weighted by Crippen LogP contribution is 2.41. The Hall–Kier alpha value is -6.04. The fourth-order valence-electron chi connectivity index (χ4n) is 7.53. The van der Waals surface area contributed by atoms with Crippen LogP contribution in [0, 0.1) is 0 Å². The molecule has 11 rings (SSSR count). The number of pyridine rings is 2. The third kappa shape index (κ3) is 3.52. The molecule has 5 heterocycles. The maximum absolute atomic E-state index is 5.01. The van der Waals surface area contributed by atoms with Gasteiger partial charge in [0.15, 0.2) is 0 Å². The Morgan fingerprint density at radius 1 is 0.404 bits per heavy atom. The number of fused-ring (bicyclic) bond motifs is 13. The van der Waals surface area contributed by atoms with E-state index in [0.29, 0.717) is 0 Å². The van der Waals surface area contributed by atoms with Gasteiger partial charge in [-0.15, -0.1) is 11.3 Å². The molecule has 47 heavy (non-hydrogen) atoms. The van der Waals surface area contributed by atoms with E-state index >= 15 is 0 Å². The molecule has 0 unspecified atom stereocenters. The molecule has 0 aliphatic rings. The summed E-state index contributed by atoms with van der Waals surface area (Å²) in [7, 11) is 0. The number of imidazole rings is 2. The van der Waals surface area contributed by atoms with Crippen molar-refractivity contribution < 1.29 is 0 Å². The molecule has 0 aliphatic carbocycles. The molecule has 0 amide bonds. The Labute approximate surface area is 272 Å². The van der Waals surface area contributed by atoms with E-state index in [4.69, 9.17) is 9.97 Å². The lowest BCUT2D eigenvalue weighted by Gasteiger charge is -2.11. The van der Waals surface area contributed by atoms with Gasteiger partial charge in [0.1, 0.15) is 11.3 Å². The fraction of sp³-hybridized carbons (Fsp3) is 0. The van der Waals surface area contributed by atoms with Crippen molar-refractivity contribution in [1.29, 1.82) is 0 Å². The van der Waals surface area contributed by atoms with Crippen molar-refractivity contribution in [2.45, 2.75) is 0 Å². The number of para-hydroxylation sites is 4. The standard InChI is InChI=1S/C42H24N4S/c1-3-11-29-27(9-1)33(23-45-37-15-7-5-13-35(37)43-41(29)45)25-17-19-39-31(21-25)32-22-26(18-20-40(32)47-39)34-24-46-38-16-8-6-14-36(38)44-42(46)30-12-4-2-10-28(30)34/h1-24H. The summed E-state index contributed by atoms with van der Waals surface area (Å²) in [5.74, 6) is 0. The van der Waals surface area contributed by atoms with Crippen LogP contribution in [0.25, 0.3) is 97.3 Å². The second-order valence-corrected chi connectivity index (χ2v) is 13.4. The van der Waals surface area contributed by atoms with Crippen LogP contribution >= 0.6 is 11.3 Å². The lowest BCUT2D eigenvalue weighted by Crippen LogP contribution is -1.91. The fourth-order valence-corrected chi connectivity index (χ4v) is 8.59. The number of aromatic nitrogens is 4. The molecule has 0 radical (unpaired) electrons. The molecule has 0 saturated carbocycles. The predicted molar refractivity (Wildman–Crippen MR) is 198 cm³/mol. The van der Waals surface area contributed by atoms with Crippen LogP contribution in [-0.2, 0) is 0 Å². The van der Waals surface area contributed by atoms with Crippen molar-refractivity contribution in [3.8, 4) is 22.3 Å². The monoisotopic (exact) mass is 616 g/mol. The summed E-state index contributed by atoms with van der Waals surface area (Å²) in [5.41, 5.74) is 11.1. The summed E-state index contributed by atoms with van der Waals surface area (Å²) in [4.78, 5) is 10.0. The van der Waals surface area contributed by atoms with Gasteiger partial charge in [-0.2, -0.15) is 0 Å². The summed E-state index contributed by atoms with van der Waals surface area (Å²) in [6, 6.07) is 48.0. The molecule has 0 spiro atoms. The van der Waals surface area contributed by atoms with Crippen molar-refractivity contribution in [3.05, 3.63) is 146 Å². The van der Waals surface area contributed by atoms with Crippen LogP contribution in [0.1, 0.15) is 0 Å². The number of hydrogen-bond acceptors (Lipinski definition) is 3. The van der Waals surface area contributed by atoms with Crippen LogP contribution in [0.4, 0.5) is 0 Å². The zero-order chi connectivity index (χ0) is 30.6. The van der Waals surface area contributed by atoms with Crippen LogP contribution in [0.2, 0.25) is 0 Å². The van der Waals surface area contributed by atoms with E-state index in [0.717, 1.165) is 44.1 Å². The van der Waals surface area contributed by atoms with E-state index < -0.39 is 0 Å². The Morgan fingerprint density at radius 3 is 1.32 bits per heavy atom. The topological polar surface area (TPSA) is 34.6 Å². The Bertz CT molecular complexity index is 2880. The molecule has 0 atom stereocenters. The van der Waals surface area contributed by atoms with E-state index in [-0.39, 0.29) is 0 Å². The van der Waals surface area contributed by atoms with Crippen molar-refractivity contribution in [3.63, 3.8) is 0 Å². The summed E-state index contributed by atoms with van der Waals surface area (Å²) >= 11 is 1.86. The Kier molecular flexibility index (Phi) is 4.96. The molecule has 0 saturated heterocycles. The first kappa shape index (κ1) is 25.2. The van der Waals surface area contributed by atoms with E-state index in [2.05, 4.69) is 155 Å². The van der Waals surface area contributed by atoms with Crippen LogP contribution in [0.5, 0.6) is 0 Å². The van der Waals surface area contributed by atoms with Crippen molar-refractivity contribution >= 4 is 86.4 Å². The molecular weight excluding hydrogens is 593 g/mol. The van der Waals surface area contributed by atoms with Gasteiger partial charge in [-0.05, 0) is 70.4 Å². The van der Waals surface area contributed by atoms with E-state index in [1.165, 1.54) is 53.2 Å². The van der Waals surface area contributed by atoms with Crippen molar-refractivity contribution in [2.24, 2.45) is 0 Å². The first-order chi connectivity index (χ1) is 23.3. The molecule has 5 heteroatoms. The maximum Gasteiger partial charge on any atom is 0.145 e. The minimum Gasteiger partial charge on any atom is -0.298 e. The number of hydrogen-bond donors (Lipinski definition) is 0. The van der Waals surface area contributed by atoms with Gasteiger partial charge in [-0.3, -0.25) is 8.80 Å². The normalized spacial score (nSPS) is 12.3. The average molecular weight is 617 g/mol. The van der Waals surface area contributed by atoms with Gasteiger partial charge in [0.25, 0.3) is 0 Å². The highest BCUT2D eigenvalue weighted by molar-refractivity contribution is 7.25. The number of nitrogens with zero attached hydrogens (tertiary/aromatic N) is 4. The zero-order valence-electron chi connectivity index (χ0n) is 25.1. The molecule has 218 valence electrons. The smallest absolute Gasteiger partial charge is 0.145 e. The van der Waals surface area contributed by atoms with Gasteiger partial charge in [0, 0.05) is 54.5 Å². The molecule has 5 aromatic heterocycles. The molecule has 4 nitrogen and oxygen atoms in total.